The van der Waals surface area contributed by atoms with E-state index in [0.29, 0.717) is 19.1 Å². The molecule has 3 heteroatoms. The molecule has 1 saturated heterocycles. The van der Waals surface area contributed by atoms with Gasteiger partial charge in [0.2, 0.25) is 0 Å². The highest BCUT2D eigenvalue weighted by Crippen LogP contribution is 2.39. The largest absolute Gasteiger partial charge is 0.343 e. The molecule has 0 spiro atoms. The molecule has 16 heavy (non-hydrogen) atoms. The summed E-state index contributed by atoms with van der Waals surface area (Å²) in [5.74, 6) is -0.249. The van der Waals surface area contributed by atoms with Gasteiger partial charge in [0.15, 0.2) is 5.79 Å². The Hall–Kier alpha value is -0.380. The van der Waals surface area contributed by atoms with Crippen molar-refractivity contribution in [1.82, 2.24) is 0 Å². The van der Waals surface area contributed by atoms with Crippen molar-refractivity contribution >= 4 is 15.9 Å². The minimum atomic E-state index is -0.550. The lowest BCUT2D eigenvalue weighted by molar-refractivity contribution is -0.197. The fourth-order valence-electron chi connectivity index (χ4n) is 2.12. The van der Waals surface area contributed by atoms with E-state index in [1.807, 2.05) is 0 Å². The second-order valence-corrected chi connectivity index (χ2v) is 5.34. The Morgan fingerprint density at radius 3 is 2.38 bits per heavy atom. The molecule has 0 atom stereocenters. The van der Waals surface area contributed by atoms with Gasteiger partial charge in [-0.2, -0.15) is 0 Å². The van der Waals surface area contributed by atoms with Crippen molar-refractivity contribution in [3.63, 3.8) is 0 Å². The zero-order valence-corrected chi connectivity index (χ0v) is 11.5. The number of rotatable bonds is 2. The number of ether oxygens (including phenoxy) is 2. The third-order valence-corrected chi connectivity index (χ3v) is 3.93. The lowest BCUT2D eigenvalue weighted by Crippen LogP contribution is -2.33. The lowest BCUT2D eigenvalue weighted by Gasteiger charge is -2.32. The molecule has 0 bridgehead atoms. The van der Waals surface area contributed by atoms with Crippen molar-refractivity contribution in [3.05, 3.63) is 33.8 Å². The Labute approximate surface area is 105 Å². The van der Waals surface area contributed by atoms with E-state index in [2.05, 4.69) is 54.9 Å². The van der Waals surface area contributed by atoms with Gasteiger partial charge in [0.25, 0.3) is 0 Å². The second-order valence-electron chi connectivity index (χ2n) is 4.48. The maximum atomic E-state index is 5.85. The van der Waals surface area contributed by atoms with Crippen molar-refractivity contribution in [2.24, 2.45) is 5.92 Å². The Balaban J connectivity index is 2.43. The summed E-state index contributed by atoms with van der Waals surface area (Å²) in [5.41, 5.74) is 2.32. The van der Waals surface area contributed by atoms with Crippen molar-refractivity contribution in [1.29, 1.82) is 0 Å². The van der Waals surface area contributed by atoms with Crippen LogP contribution in [0.15, 0.2) is 22.7 Å². The van der Waals surface area contributed by atoms with Gasteiger partial charge in [-0.3, -0.25) is 0 Å². The molecule has 2 rings (SSSR count). The lowest BCUT2D eigenvalue weighted by atomic mass is 9.93. The van der Waals surface area contributed by atoms with E-state index in [0.717, 1.165) is 10.0 Å². The molecule has 1 aliphatic rings. The first kappa shape index (κ1) is 12.1. The standard InChI is InChI=1S/C13H17BrO2/c1-9(2)13(15-6-7-16-13)11-4-5-12(14)10(3)8-11/h4-5,8-9H,6-7H2,1-3H3. The minimum Gasteiger partial charge on any atom is -0.343 e. The van der Waals surface area contributed by atoms with Crippen LogP contribution in [0.3, 0.4) is 0 Å². The summed E-state index contributed by atoms with van der Waals surface area (Å²) >= 11 is 3.51. The van der Waals surface area contributed by atoms with Gasteiger partial charge < -0.3 is 9.47 Å². The van der Waals surface area contributed by atoms with Crippen LogP contribution in [0.5, 0.6) is 0 Å². The first-order chi connectivity index (χ1) is 7.56. The summed E-state index contributed by atoms with van der Waals surface area (Å²) in [6.45, 7) is 7.68. The molecule has 0 N–H and O–H groups in total. The van der Waals surface area contributed by atoms with Crippen molar-refractivity contribution in [2.45, 2.75) is 26.6 Å². The first-order valence-corrected chi connectivity index (χ1v) is 6.40. The number of hydrogen-bond donors (Lipinski definition) is 0. The summed E-state index contributed by atoms with van der Waals surface area (Å²) in [7, 11) is 0. The summed E-state index contributed by atoms with van der Waals surface area (Å²) in [6, 6.07) is 6.26. The molecule has 1 heterocycles. The van der Waals surface area contributed by atoms with Gasteiger partial charge in [0.1, 0.15) is 0 Å². The molecule has 88 valence electrons. The van der Waals surface area contributed by atoms with Crippen LogP contribution in [0.2, 0.25) is 0 Å². The Morgan fingerprint density at radius 1 is 1.25 bits per heavy atom. The molecular formula is C13H17BrO2. The molecular weight excluding hydrogens is 268 g/mol. The van der Waals surface area contributed by atoms with Crippen LogP contribution in [0, 0.1) is 12.8 Å². The van der Waals surface area contributed by atoms with Gasteiger partial charge in [0, 0.05) is 16.0 Å². The van der Waals surface area contributed by atoms with Gasteiger partial charge >= 0.3 is 0 Å². The van der Waals surface area contributed by atoms with Crippen LogP contribution in [-0.2, 0) is 15.3 Å². The van der Waals surface area contributed by atoms with E-state index in [-0.39, 0.29) is 0 Å². The highest BCUT2D eigenvalue weighted by Gasteiger charge is 2.41. The molecule has 0 radical (unpaired) electrons. The fraction of sp³-hybridized carbons (Fsp3) is 0.538. The number of benzene rings is 1. The number of hydrogen-bond acceptors (Lipinski definition) is 2. The molecule has 0 saturated carbocycles. The molecule has 1 aliphatic heterocycles. The fourth-order valence-corrected chi connectivity index (χ4v) is 2.37. The summed E-state index contributed by atoms with van der Waals surface area (Å²) in [5, 5.41) is 0. The van der Waals surface area contributed by atoms with Crippen LogP contribution >= 0.6 is 15.9 Å². The summed E-state index contributed by atoms with van der Waals surface area (Å²) in [4.78, 5) is 0. The molecule has 0 unspecified atom stereocenters. The van der Waals surface area contributed by atoms with E-state index in [4.69, 9.17) is 9.47 Å². The normalized spacial score (nSPS) is 19.3. The average Bonchev–Trinajstić information content (AvgIpc) is 2.72. The van der Waals surface area contributed by atoms with Gasteiger partial charge in [0.05, 0.1) is 13.2 Å². The average molecular weight is 285 g/mol. The van der Waals surface area contributed by atoms with Crippen LogP contribution in [0.1, 0.15) is 25.0 Å². The van der Waals surface area contributed by atoms with Crippen molar-refractivity contribution in [3.8, 4) is 0 Å². The number of halogens is 1. The Bertz CT molecular complexity index is 382. The molecule has 0 aliphatic carbocycles. The van der Waals surface area contributed by atoms with Gasteiger partial charge in [-0.15, -0.1) is 0 Å². The van der Waals surface area contributed by atoms with Crippen molar-refractivity contribution < 1.29 is 9.47 Å². The Morgan fingerprint density at radius 2 is 1.88 bits per heavy atom. The van der Waals surface area contributed by atoms with Gasteiger partial charge in [-0.1, -0.05) is 35.8 Å². The SMILES string of the molecule is Cc1cc(C2(C(C)C)OCCO2)ccc1Br. The predicted molar refractivity (Wildman–Crippen MR) is 67.3 cm³/mol. The Kier molecular flexibility index (Phi) is 3.38. The molecule has 0 amide bonds. The van der Waals surface area contributed by atoms with Crippen LogP contribution in [-0.4, -0.2) is 13.2 Å². The molecule has 2 nitrogen and oxygen atoms in total. The molecule has 1 aromatic rings. The third kappa shape index (κ3) is 1.92. The quantitative estimate of drug-likeness (QED) is 0.826. The van der Waals surface area contributed by atoms with E-state index in [9.17, 15) is 0 Å². The van der Waals surface area contributed by atoms with Crippen LogP contribution < -0.4 is 0 Å². The monoisotopic (exact) mass is 284 g/mol. The highest BCUT2D eigenvalue weighted by molar-refractivity contribution is 9.10. The molecule has 1 fully saturated rings. The zero-order chi connectivity index (χ0) is 11.8. The summed E-state index contributed by atoms with van der Waals surface area (Å²) in [6.07, 6.45) is 0. The maximum absolute atomic E-state index is 5.85. The number of aryl methyl sites for hydroxylation is 1. The van der Waals surface area contributed by atoms with E-state index in [1.165, 1.54) is 5.56 Å². The predicted octanol–water partition coefficient (Wildman–Crippen LogP) is 3.61. The zero-order valence-electron chi connectivity index (χ0n) is 9.92. The highest BCUT2D eigenvalue weighted by atomic mass is 79.9. The summed E-state index contributed by atoms with van der Waals surface area (Å²) < 4.78 is 12.8. The topological polar surface area (TPSA) is 18.5 Å². The third-order valence-electron chi connectivity index (χ3n) is 3.04. The van der Waals surface area contributed by atoms with Crippen LogP contribution in [0.4, 0.5) is 0 Å². The van der Waals surface area contributed by atoms with Crippen LogP contribution in [0.25, 0.3) is 0 Å². The van der Waals surface area contributed by atoms with E-state index in [1.54, 1.807) is 0 Å². The smallest absolute Gasteiger partial charge is 0.197 e. The molecule has 0 aromatic heterocycles. The molecule has 1 aromatic carbocycles. The van der Waals surface area contributed by atoms with E-state index < -0.39 is 5.79 Å². The second kappa shape index (κ2) is 4.47. The van der Waals surface area contributed by atoms with E-state index >= 15 is 0 Å². The van der Waals surface area contributed by atoms with Gasteiger partial charge in [-0.05, 0) is 24.6 Å². The van der Waals surface area contributed by atoms with Crippen molar-refractivity contribution in [2.75, 3.05) is 13.2 Å². The first-order valence-electron chi connectivity index (χ1n) is 5.61. The van der Waals surface area contributed by atoms with Gasteiger partial charge in [-0.25, -0.2) is 0 Å². The maximum Gasteiger partial charge on any atom is 0.197 e. The minimum absolute atomic E-state index is 0.301.